The molecular weight excluding hydrogens is 282 g/mol. The van der Waals surface area contributed by atoms with Gasteiger partial charge in [0.15, 0.2) is 0 Å². The largest absolute Gasteiger partial charge is 0.314 e. The average Bonchev–Trinajstić information content (AvgIpc) is 2.58. The maximum atomic E-state index is 3.47. The molecule has 0 aromatic heterocycles. The van der Waals surface area contributed by atoms with Gasteiger partial charge in [-0.3, -0.25) is 4.90 Å². The zero-order chi connectivity index (χ0) is 16.1. The van der Waals surface area contributed by atoms with Gasteiger partial charge in [0.2, 0.25) is 0 Å². The summed E-state index contributed by atoms with van der Waals surface area (Å²) in [6.07, 6.45) is 1.36. The van der Waals surface area contributed by atoms with Gasteiger partial charge in [0.1, 0.15) is 0 Å². The predicted octanol–water partition coefficient (Wildman–Crippen LogP) is 2.69. The second-order valence-corrected chi connectivity index (χ2v) is 7.73. The Morgan fingerprint density at radius 1 is 1.04 bits per heavy atom. The van der Waals surface area contributed by atoms with E-state index < -0.39 is 0 Å². The van der Waals surface area contributed by atoms with Crippen molar-refractivity contribution in [3.63, 3.8) is 0 Å². The van der Waals surface area contributed by atoms with Crippen LogP contribution in [0.4, 0.5) is 0 Å². The summed E-state index contributed by atoms with van der Waals surface area (Å²) in [7, 11) is 0. The number of nitrogens with one attached hydrogen (secondary N) is 1. The van der Waals surface area contributed by atoms with E-state index in [9.17, 15) is 0 Å². The molecule has 3 rings (SSSR count). The Bertz CT molecular complexity index is 453. The quantitative estimate of drug-likeness (QED) is 0.901. The van der Waals surface area contributed by atoms with Gasteiger partial charge in [-0.05, 0) is 36.3 Å². The number of rotatable bonds is 5. The number of piperidine rings is 1. The van der Waals surface area contributed by atoms with E-state index in [2.05, 4.69) is 59.3 Å². The molecule has 0 radical (unpaired) electrons. The molecule has 128 valence electrons. The summed E-state index contributed by atoms with van der Waals surface area (Å²) in [5.41, 5.74) is 1.45. The van der Waals surface area contributed by atoms with Gasteiger partial charge in [-0.1, -0.05) is 44.2 Å². The van der Waals surface area contributed by atoms with E-state index in [1.165, 1.54) is 57.8 Å². The first kappa shape index (κ1) is 16.9. The van der Waals surface area contributed by atoms with Crippen LogP contribution < -0.4 is 5.32 Å². The predicted molar refractivity (Wildman–Crippen MR) is 97.5 cm³/mol. The number of likely N-dealkylation sites (tertiary alicyclic amines) is 1. The zero-order valence-electron chi connectivity index (χ0n) is 14.9. The molecule has 23 heavy (non-hydrogen) atoms. The highest BCUT2D eigenvalue weighted by atomic mass is 15.2. The van der Waals surface area contributed by atoms with Crippen LogP contribution in [0.15, 0.2) is 30.3 Å². The molecule has 0 aliphatic carbocycles. The molecule has 1 aromatic rings. The van der Waals surface area contributed by atoms with Crippen molar-refractivity contribution >= 4 is 0 Å². The first-order chi connectivity index (χ1) is 11.2. The molecule has 2 heterocycles. The lowest BCUT2D eigenvalue weighted by Crippen LogP contribution is -2.50. The van der Waals surface area contributed by atoms with Gasteiger partial charge in [-0.25, -0.2) is 0 Å². The standard InChI is InChI=1S/C20H33N3/c1-17(2)20-16-23(14-18-6-4-3-5-7-18)11-8-19(20)15-22-12-9-21-10-13-22/h3-7,17,19-21H,8-16H2,1-2H3. The SMILES string of the molecule is CC(C)C1CN(Cc2ccccc2)CCC1CN1CCNCC1. The van der Waals surface area contributed by atoms with Crippen LogP contribution in [0.2, 0.25) is 0 Å². The second kappa shape index (κ2) is 8.27. The summed E-state index contributed by atoms with van der Waals surface area (Å²) in [5.74, 6) is 2.49. The smallest absolute Gasteiger partial charge is 0.0233 e. The molecule has 3 nitrogen and oxygen atoms in total. The number of piperazine rings is 1. The summed E-state index contributed by atoms with van der Waals surface area (Å²) < 4.78 is 0. The van der Waals surface area contributed by atoms with Gasteiger partial charge < -0.3 is 10.2 Å². The fourth-order valence-corrected chi connectivity index (χ4v) is 4.29. The molecule has 0 bridgehead atoms. The lowest BCUT2D eigenvalue weighted by molar-refractivity contribution is 0.0562. The lowest BCUT2D eigenvalue weighted by atomic mass is 9.78. The molecule has 2 unspecified atom stereocenters. The summed E-state index contributed by atoms with van der Waals surface area (Å²) in [6.45, 7) is 14.6. The minimum atomic E-state index is 0.779. The Labute approximate surface area is 142 Å². The van der Waals surface area contributed by atoms with Crippen LogP contribution in [-0.2, 0) is 6.54 Å². The monoisotopic (exact) mass is 315 g/mol. The molecule has 1 N–H and O–H groups in total. The molecule has 2 aliphatic rings. The van der Waals surface area contributed by atoms with Crippen molar-refractivity contribution in [2.45, 2.75) is 26.8 Å². The Morgan fingerprint density at radius 3 is 2.48 bits per heavy atom. The van der Waals surface area contributed by atoms with Crippen molar-refractivity contribution in [3.8, 4) is 0 Å². The fraction of sp³-hybridized carbons (Fsp3) is 0.700. The third-order valence-corrected chi connectivity index (χ3v) is 5.70. The number of benzene rings is 1. The highest BCUT2D eigenvalue weighted by molar-refractivity contribution is 5.14. The summed E-state index contributed by atoms with van der Waals surface area (Å²) in [5, 5.41) is 3.47. The van der Waals surface area contributed by atoms with Crippen LogP contribution in [0, 0.1) is 17.8 Å². The molecule has 2 fully saturated rings. The van der Waals surface area contributed by atoms with Crippen LogP contribution in [0.1, 0.15) is 25.8 Å². The van der Waals surface area contributed by atoms with Gasteiger partial charge in [0.25, 0.3) is 0 Å². The molecule has 2 atom stereocenters. The molecule has 0 spiro atoms. The van der Waals surface area contributed by atoms with Crippen LogP contribution in [0.3, 0.4) is 0 Å². The molecule has 2 aliphatic heterocycles. The Morgan fingerprint density at radius 2 is 1.78 bits per heavy atom. The van der Waals surface area contributed by atoms with Crippen molar-refractivity contribution in [2.24, 2.45) is 17.8 Å². The molecule has 1 aromatic carbocycles. The average molecular weight is 316 g/mol. The van der Waals surface area contributed by atoms with E-state index in [1.807, 2.05) is 0 Å². The maximum absolute atomic E-state index is 3.47. The normalized spacial score (nSPS) is 27.4. The van der Waals surface area contributed by atoms with E-state index in [1.54, 1.807) is 0 Å². The minimum absolute atomic E-state index is 0.779. The van der Waals surface area contributed by atoms with Crippen LogP contribution in [0.5, 0.6) is 0 Å². The molecule has 0 amide bonds. The van der Waals surface area contributed by atoms with Crippen molar-refractivity contribution in [2.75, 3.05) is 45.8 Å². The second-order valence-electron chi connectivity index (χ2n) is 7.73. The summed E-state index contributed by atoms with van der Waals surface area (Å²) >= 11 is 0. The third-order valence-electron chi connectivity index (χ3n) is 5.70. The van der Waals surface area contributed by atoms with Crippen LogP contribution >= 0.6 is 0 Å². The fourth-order valence-electron chi connectivity index (χ4n) is 4.29. The van der Waals surface area contributed by atoms with Crippen molar-refractivity contribution in [1.82, 2.24) is 15.1 Å². The van der Waals surface area contributed by atoms with E-state index in [0.29, 0.717) is 0 Å². The highest BCUT2D eigenvalue weighted by Gasteiger charge is 2.32. The Balaban J connectivity index is 1.56. The zero-order valence-corrected chi connectivity index (χ0v) is 14.9. The van der Waals surface area contributed by atoms with Gasteiger partial charge >= 0.3 is 0 Å². The van der Waals surface area contributed by atoms with E-state index in [4.69, 9.17) is 0 Å². The minimum Gasteiger partial charge on any atom is -0.314 e. The first-order valence-electron chi connectivity index (χ1n) is 9.41. The first-order valence-corrected chi connectivity index (χ1v) is 9.41. The van der Waals surface area contributed by atoms with Gasteiger partial charge in [0.05, 0.1) is 0 Å². The Kier molecular flexibility index (Phi) is 6.09. The Hall–Kier alpha value is -0.900. The third kappa shape index (κ3) is 4.79. The maximum Gasteiger partial charge on any atom is 0.0233 e. The van der Waals surface area contributed by atoms with Gasteiger partial charge in [0, 0.05) is 45.8 Å². The molecule has 2 saturated heterocycles. The van der Waals surface area contributed by atoms with Crippen molar-refractivity contribution in [3.05, 3.63) is 35.9 Å². The van der Waals surface area contributed by atoms with Crippen LogP contribution in [-0.4, -0.2) is 55.6 Å². The topological polar surface area (TPSA) is 18.5 Å². The number of hydrogen-bond acceptors (Lipinski definition) is 3. The van der Waals surface area contributed by atoms with Gasteiger partial charge in [-0.15, -0.1) is 0 Å². The molecule has 0 saturated carbocycles. The summed E-state index contributed by atoms with van der Waals surface area (Å²) in [4.78, 5) is 5.36. The van der Waals surface area contributed by atoms with E-state index in [0.717, 1.165) is 24.3 Å². The van der Waals surface area contributed by atoms with Crippen LogP contribution in [0.25, 0.3) is 0 Å². The van der Waals surface area contributed by atoms with Gasteiger partial charge in [-0.2, -0.15) is 0 Å². The highest BCUT2D eigenvalue weighted by Crippen LogP contribution is 2.31. The lowest BCUT2D eigenvalue weighted by Gasteiger charge is -2.43. The molecule has 3 heteroatoms. The van der Waals surface area contributed by atoms with Crippen molar-refractivity contribution in [1.29, 1.82) is 0 Å². The molecular formula is C20H33N3. The summed E-state index contributed by atoms with van der Waals surface area (Å²) in [6, 6.07) is 11.0. The van der Waals surface area contributed by atoms with E-state index in [-0.39, 0.29) is 0 Å². The number of nitrogens with zero attached hydrogens (tertiary/aromatic N) is 2. The number of hydrogen-bond donors (Lipinski definition) is 1. The van der Waals surface area contributed by atoms with E-state index >= 15 is 0 Å². The van der Waals surface area contributed by atoms with Crippen molar-refractivity contribution < 1.29 is 0 Å².